The smallest absolute Gasteiger partial charge is 0.0876 e. The summed E-state index contributed by atoms with van der Waals surface area (Å²) in [6, 6.07) is 0.542. The van der Waals surface area contributed by atoms with Crippen LogP contribution in [0.3, 0.4) is 0 Å². The average Bonchev–Trinajstić information content (AvgIpc) is 2.81. The predicted octanol–water partition coefficient (Wildman–Crippen LogP) is 3.24. The van der Waals surface area contributed by atoms with E-state index in [1.165, 1.54) is 50.5 Å². The van der Waals surface area contributed by atoms with Crippen LogP contribution in [0.1, 0.15) is 51.9 Å². The first-order valence-electron chi connectivity index (χ1n) is 6.80. The molecule has 0 amide bonds. The van der Waals surface area contributed by atoms with E-state index in [-0.39, 0.29) is 0 Å². The van der Waals surface area contributed by atoms with E-state index < -0.39 is 0 Å². The van der Waals surface area contributed by atoms with Crippen LogP contribution in [0.2, 0.25) is 0 Å². The zero-order valence-electron chi connectivity index (χ0n) is 10.7. The highest BCUT2D eigenvalue weighted by atomic mass is 16.5. The Labute approximate surface area is 99.4 Å². The summed E-state index contributed by atoms with van der Waals surface area (Å²) in [5.41, 5.74) is 2.00. The fourth-order valence-corrected chi connectivity index (χ4v) is 3.61. The van der Waals surface area contributed by atoms with Gasteiger partial charge in [-0.25, -0.2) is 0 Å². The molecule has 1 saturated carbocycles. The molecule has 0 aromatic heterocycles. The van der Waals surface area contributed by atoms with Crippen molar-refractivity contribution in [3.63, 3.8) is 0 Å². The van der Waals surface area contributed by atoms with Crippen molar-refractivity contribution in [1.82, 2.24) is 5.32 Å². The highest BCUT2D eigenvalue weighted by Crippen LogP contribution is 2.46. The lowest BCUT2D eigenvalue weighted by Crippen LogP contribution is -2.43. The molecule has 1 aliphatic heterocycles. The maximum atomic E-state index is 5.51. The van der Waals surface area contributed by atoms with Gasteiger partial charge in [-0.05, 0) is 50.1 Å². The van der Waals surface area contributed by atoms with Crippen molar-refractivity contribution in [2.75, 3.05) is 13.7 Å². The van der Waals surface area contributed by atoms with Gasteiger partial charge in [0, 0.05) is 6.04 Å². The minimum atomic E-state index is 0.501. The van der Waals surface area contributed by atoms with Gasteiger partial charge in [0.15, 0.2) is 0 Å². The fraction of sp³-hybridized carbons (Fsp3) is 0.857. The summed E-state index contributed by atoms with van der Waals surface area (Å²) in [7, 11) is 2.11. The minimum Gasteiger partial charge on any atom is -0.501 e. The molecule has 1 N–H and O–H groups in total. The summed E-state index contributed by atoms with van der Waals surface area (Å²) in [6.45, 7) is 3.25. The van der Waals surface area contributed by atoms with E-state index in [4.69, 9.17) is 4.74 Å². The molecule has 0 aromatic rings. The van der Waals surface area contributed by atoms with Crippen molar-refractivity contribution in [3.8, 4) is 0 Å². The van der Waals surface area contributed by atoms with Crippen molar-refractivity contribution in [3.05, 3.63) is 11.8 Å². The van der Waals surface area contributed by atoms with Crippen molar-refractivity contribution in [2.45, 2.75) is 57.9 Å². The molecular weight excluding hydrogens is 198 g/mol. The molecule has 16 heavy (non-hydrogen) atoms. The highest BCUT2D eigenvalue weighted by molar-refractivity contribution is 5.16. The van der Waals surface area contributed by atoms with Gasteiger partial charge in [0.1, 0.15) is 0 Å². The van der Waals surface area contributed by atoms with Gasteiger partial charge in [0.05, 0.1) is 12.9 Å². The highest BCUT2D eigenvalue weighted by Gasteiger charge is 2.40. The molecule has 1 unspecified atom stereocenters. The van der Waals surface area contributed by atoms with Gasteiger partial charge >= 0.3 is 0 Å². The number of nitrogens with one attached hydrogen (secondary N) is 1. The number of ether oxygens (including phenoxy) is 1. The van der Waals surface area contributed by atoms with E-state index in [1.54, 1.807) is 0 Å². The Morgan fingerprint density at radius 1 is 1.38 bits per heavy atom. The van der Waals surface area contributed by atoms with Crippen LogP contribution in [-0.4, -0.2) is 19.7 Å². The fourth-order valence-electron chi connectivity index (χ4n) is 3.61. The van der Waals surface area contributed by atoms with Crippen molar-refractivity contribution in [2.24, 2.45) is 5.41 Å². The summed E-state index contributed by atoms with van der Waals surface area (Å²) in [4.78, 5) is 0. The van der Waals surface area contributed by atoms with Crippen LogP contribution in [0.5, 0.6) is 0 Å². The summed E-state index contributed by atoms with van der Waals surface area (Å²) in [5.74, 6) is 0. The Balaban J connectivity index is 2.16. The van der Waals surface area contributed by atoms with Crippen LogP contribution >= 0.6 is 0 Å². The Morgan fingerprint density at radius 3 is 2.62 bits per heavy atom. The van der Waals surface area contributed by atoms with Gasteiger partial charge in [-0.2, -0.15) is 0 Å². The van der Waals surface area contributed by atoms with E-state index >= 15 is 0 Å². The third-order valence-electron chi connectivity index (χ3n) is 4.54. The lowest BCUT2D eigenvalue weighted by Gasteiger charge is -2.39. The molecule has 2 rings (SSSR count). The first-order chi connectivity index (χ1) is 7.82. The van der Waals surface area contributed by atoms with Gasteiger partial charge in [-0.3, -0.25) is 0 Å². The zero-order valence-corrected chi connectivity index (χ0v) is 10.7. The van der Waals surface area contributed by atoms with Crippen LogP contribution in [0, 0.1) is 5.41 Å². The molecule has 0 bridgehead atoms. The number of likely N-dealkylation sites (N-methyl/N-ethyl adjacent to an activating group) is 1. The first kappa shape index (κ1) is 12.0. The predicted molar refractivity (Wildman–Crippen MR) is 67.3 cm³/mol. The molecule has 2 heteroatoms. The minimum absolute atomic E-state index is 0.501. The van der Waals surface area contributed by atoms with Gasteiger partial charge in [0.25, 0.3) is 0 Å². The second kappa shape index (κ2) is 5.22. The van der Waals surface area contributed by atoms with E-state index in [2.05, 4.69) is 19.3 Å². The SMILES string of the molecule is CCC1(C(NC)C2=COCCC2)CCCC1. The molecule has 92 valence electrons. The molecule has 0 spiro atoms. The van der Waals surface area contributed by atoms with Gasteiger partial charge in [0.2, 0.25) is 0 Å². The monoisotopic (exact) mass is 223 g/mol. The van der Waals surface area contributed by atoms with Crippen molar-refractivity contribution >= 4 is 0 Å². The third kappa shape index (κ3) is 2.13. The first-order valence-corrected chi connectivity index (χ1v) is 6.80. The largest absolute Gasteiger partial charge is 0.501 e. The van der Waals surface area contributed by atoms with Crippen LogP contribution in [-0.2, 0) is 4.74 Å². The lowest BCUT2D eigenvalue weighted by molar-refractivity contribution is 0.180. The second-order valence-corrected chi connectivity index (χ2v) is 5.31. The van der Waals surface area contributed by atoms with Crippen LogP contribution in [0.4, 0.5) is 0 Å². The van der Waals surface area contributed by atoms with E-state index in [1.807, 2.05) is 6.26 Å². The third-order valence-corrected chi connectivity index (χ3v) is 4.54. The van der Waals surface area contributed by atoms with E-state index in [0.29, 0.717) is 11.5 Å². The summed E-state index contributed by atoms with van der Waals surface area (Å²) in [6.07, 6.45) is 11.3. The average molecular weight is 223 g/mol. The molecule has 0 aromatic carbocycles. The maximum Gasteiger partial charge on any atom is 0.0876 e. The molecule has 0 saturated heterocycles. The number of hydrogen-bond donors (Lipinski definition) is 1. The molecule has 1 heterocycles. The Bertz CT molecular complexity index is 253. The summed E-state index contributed by atoms with van der Waals surface area (Å²) in [5, 5.41) is 3.56. The van der Waals surface area contributed by atoms with Crippen LogP contribution in [0.15, 0.2) is 11.8 Å². The summed E-state index contributed by atoms with van der Waals surface area (Å²) >= 11 is 0. The van der Waals surface area contributed by atoms with Crippen LogP contribution in [0.25, 0.3) is 0 Å². The van der Waals surface area contributed by atoms with Crippen LogP contribution < -0.4 is 5.32 Å². The van der Waals surface area contributed by atoms with E-state index in [0.717, 1.165) is 6.61 Å². The standard InChI is InChI=1S/C14H25NO/c1-3-14(8-4-5-9-14)13(15-2)12-7-6-10-16-11-12/h11,13,15H,3-10H2,1-2H3. The normalized spacial score (nSPS) is 26.0. The molecule has 2 nitrogen and oxygen atoms in total. The molecule has 0 radical (unpaired) electrons. The second-order valence-electron chi connectivity index (χ2n) is 5.31. The van der Waals surface area contributed by atoms with E-state index in [9.17, 15) is 0 Å². The molecule has 1 aliphatic carbocycles. The number of rotatable bonds is 4. The Morgan fingerprint density at radius 2 is 2.12 bits per heavy atom. The van der Waals surface area contributed by atoms with Gasteiger partial charge in [-0.1, -0.05) is 19.8 Å². The van der Waals surface area contributed by atoms with Gasteiger partial charge in [-0.15, -0.1) is 0 Å². The lowest BCUT2D eigenvalue weighted by atomic mass is 9.72. The van der Waals surface area contributed by atoms with Gasteiger partial charge < -0.3 is 10.1 Å². The maximum absolute atomic E-state index is 5.51. The Kier molecular flexibility index (Phi) is 3.91. The van der Waals surface area contributed by atoms with Crippen molar-refractivity contribution in [1.29, 1.82) is 0 Å². The number of hydrogen-bond acceptors (Lipinski definition) is 2. The molecule has 1 fully saturated rings. The molecule has 1 atom stereocenters. The summed E-state index contributed by atoms with van der Waals surface area (Å²) < 4.78 is 5.51. The van der Waals surface area contributed by atoms with Crippen molar-refractivity contribution < 1.29 is 4.74 Å². The topological polar surface area (TPSA) is 21.3 Å². The molecular formula is C14H25NO. The quantitative estimate of drug-likeness (QED) is 0.790. The Hall–Kier alpha value is -0.500. The zero-order chi connectivity index (χ0) is 11.4. The molecule has 2 aliphatic rings.